The predicted molar refractivity (Wildman–Crippen MR) is 83.7 cm³/mol. The fraction of sp³-hybridized carbons (Fsp3) is 0.667. The van der Waals surface area contributed by atoms with Crippen molar-refractivity contribution >= 4 is 0 Å². The van der Waals surface area contributed by atoms with Crippen molar-refractivity contribution in [3.8, 4) is 0 Å². The summed E-state index contributed by atoms with van der Waals surface area (Å²) >= 11 is 0. The molecule has 0 radical (unpaired) electrons. The first kappa shape index (κ1) is 14.6. The fourth-order valence-electron chi connectivity index (χ4n) is 2.95. The van der Waals surface area contributed by atoms with Gasteiger partial charge in [-0.05, 0) is 54.7 Å². The molecule has 2 atom stereocenters. The zero-order valence-corrected chi connectivity index (χ0v) is 13.0. The summed E-state index contributed by atoms with van der Waals surface area (Å²) in [7, 11) is 0. The van der Waals surface area contributed by atoms with Crippen molar-refractivity contribution in [2.45, 2.75) is 64.8 Å². The average Bonchev–Trinajstić information content (AvgIpc) is 2.36. The highest BCUT2D eigenvalue weighted by atomic mass is 14.9. The standard InChI is InChI=1S/C18H29N/c1-14-11-12-19-17(13-14)10-7-15-5-8-16(9-6-15)18(2,3)4/h5-6,8-9,14,17,19H,7,10-13H2,1-4H3. The molecular formula is C18H29N. The van der Waals surface area contributed by atoms with Crippen molar-refractivity contribution < 1.29 is 0 Å². The van der Waals surface area contributed by atoms with E-state index in [9.17, 15) is 0 Å². The summed E-state index contributed by atoms with van der Waals surface area (Å²) < 4.78 is 0. The van der Waals surface area contributed by atoms with Gasteiger partial charge in [0.05, 0.1) is 0 Å². The highest BCUT2D eigenvalue weighted by molar-refractivity contribution is 5.27. The van der Waals surface area contributed by atoms with Crippen LogP contribution in [0, 0.1) is 5.92 Å². The van der Waals surface area contributed by atoms with Crippen LogP contribution < -0.4 is 5.32 Å². The van der Waals surface area contributed by atoms with Crippen molar-refractivity contribution in [2.75, 3.05) is 6.54 Å². The first-order valence-corrected chi connectivity index (χ1v) is 7.78. The third-order valence-corrected chi connectivity index (χ3v) is 4.36. The molecule has 1 aliphatic rings. The number of hydrogen-bond acceptors (Lipinski definition) is 1. The number of piperidine rings is 1. The van der Waals surface area contributed by atoms with E-state index >= 15 is 0 Å². The molecule has 2 unspecified atom stereocenters. The highest BCUT2D eigenvalue weighted by Gasteiger charge is 2.18. The van der Waals surface area contributed by atoms with Crippen LogP contribution in [-0.4, -0.2) is 12.6 Å². The molecular weight excluding hydrogens is 230 g/mol. The normalized spacial score (nSPS) is 24.4. The number of benzene rings is 1. The van der Waals surface area contributed by atoms with Gasteiger partial charge in [0.15, 0.2) is 0 Å². The van der Waals surface area contributed by atoms with Gasteiger partial charge in [-0.3, -0.25) is 0 Å². The highest BCUT2D eigenvalue weighted by Crippen LogP contribution is 2.23. The minimum Gasteiger partial charge on any atom is -0.314 e. The first-order valence-electron chi connectivity index (χ1n) is 7.78. The Labute approximate surface area is 118 Å². The molecule has 0 aromatic heterocycles. The van der Waals surface area contributed by atoms with Crippen LogP contribution in [0.3, 0.4) is 0 Å². The first-order chi connectivity index (χ1) is 8.95. The summed E-state index contributed by atoms with van der Waals surface area (Å²) in [5.41, 5.74) is 3.17. The molecule has 106 valence electrons. The lowest BCUT2D eigenvalue weighted by Crippen LogP contribution is -2.37. The quantitative estimate of drug-likeness (QED) is 0.853. The predicted octanol–water partition coefficient (Wildman–Crippen LogP) is 4.30. The Morgan fingerprint density at radius 3 is 2.42 bits per heavy atom. The van der Waals surface area contributed by atoms with Crippen LogP contribution in [0.5, 0.6) is 0 Å². The molecule has 19 heavy (non-hydrogen) atoms. The van der Waals surface area contributed by atoms with Gasteiger partial charge >= 0.3 is 0 Å². The van der Waals surface area contributed by atoms with Crippen molar-refractivity contribution in [3.63, 3.8) is 0 Å². The van der Waals surface area contributed by atoms with Crippen LogP contribution in [0.2, 0.25) is 0 Å². The van der Waals surface area contributed by atoms with Crippen LogP contribution >= 0.6 is 0 Å². The van der Waals surface area contributed by atoms with Crippen LogP contribution in [0.4, 0.5) is 0 Å². The van der Waals surface area contributed by atoms with E-state index in [1.807, 2.05) is 0 Å². The molecule has 2 rings (SSSR count). The van der Waals surface area contributed by atoms with E-state index in [4.69, 9.17) is 0 Å². The van der Waals surface area contributed by atoms with Gasteiger partial charge in [0.25, 0.3) is 0 Å². The summed E-state index contributed by atoms with van der Waals surface area (Å²) in [4.78, 5) is 0. The van der Waals surface area contributed by atoms with Gasteiger partial charge < -0.3 is 5.32 Å². The molecule has 1 saturated heterocycles. The lowest BCUT2D eigenvalue weighted by molar-refractivity contribution is 0.308. The van der Waals surface area contributed by atoms with E-state index in [1.165, 1.54) is 43.4 Å². The minimum atomic E-state index is 0.263. The third kappa shape index (κ3) is 4.35. The zero-order valence-electron chi connectivity index (χ0n) is 13.0. The van der Waals surface area contributed by atoms with E-state index in [1.54, 1.807) is 0 Å². The second-order valence-electron chi connectivity index (χ2n) is 7.27. The van der Waals surface area contributed by atoms with E-state index in [0.29, 0.717) is 0 Å². The number of rotatable bonds is 3. The Balaban J connectivity index is 1.86. The van der Waals surface area contributed by atoms with Crippen molar-refractivity contribution in [1.29, 1.82) is 0 Å². The van der Waals surface area contributed by atoms with E-state index in [-0.39, 0.29) is 5.41 Å². The molecule has 1 aromatic rings. The van der Waals surface area contributed by atoms with Crippen molar-refractivity contribution in [1.82, 2.24) is 5.32 Å². The van der Waals surface area contributed by atoms with Gasteiger partial charge in [-0.2, -0.15) is 0 Å². The Kier molecular flexibility index (Phi) is 4.67. The fourth-order valence-corrected chi connectivity index (χ4v) is 2.95. The molecule has 1 fully saturated rings. The Morgan fingerprint density at radius 1 is 1.16 bits per heavy atom. The monoisotopic (exact) mass is 259 g/mol. The van der Waals surface area contributed by atoms with Crippen LogP contribution in [-0.2, 0) is 11.8 Å². The number of nitrogens with one attached hydrogen (secondary N) is 1. The van der Waals surface area contributed by atoms with Gasteiger partial charge in [-0.1, -0.05) is 52.0 Å². The lowest BCUT2D eigenvalue weighted by atomic mass is 9.86. The lowest BCUT2D eigenvalue weighted by Gasteiger charge is -2.28. The molecule has 0 amide bonds. The van der Waals surface area contributed by atoms with Gasteiger partial charge in [0.1, 0.15) is 0 Å². The summed E-state index contributed by atoms with van der Waals surface area (Å²) in [5, 5.41) is 3.66. The number of aryl methyl sites for hydroxylation is 1. The maximum atomic E-state index is 3.66. The van der Waals surface area contributed by atoms with E-state index in [0.717, 1.165) is 12.0 Å². The van der Waals surface area contributed by atoms with Gasteiger partial charge in [0, 0.05) is 6.04 Å². The molecule has 0 aliphatic carbocycles. The average molecular weight is 259 g/mol. The molecule has 0 bridgehead atoms. The topological polar surface area (TPSA) is 12.0 Å². The molecule has 1 N–H and O–H groups in total. The van der Waals surface area contributed by atoms with Crippen molar-refractivity contribution in [3.05, 3.63) is 35.4 Å². The Hall–Kier alpha value is -0.820. The summed E-state index contributed by atoms with van der Waals surface area (Å²) in [6.07, 6.45) is 5.17. The second kappa shape index (κ2) is 6.09. The summed E-state index contributed by atoms with van der Waals surface area (Å²) in [6, 6.07) is 9.95. The summed E-state index contributed by atoms with van der Waals surface area (Å²) in [6.45, 7) is 10.4. The smallest absolute Gasteiger partial charge is 0.00727 e. The van der Waals surface area contributed by atoms with Crippen LogP contribution in [0.25, 0.3) is 0 Å². The Bertz CT molecular complexity index is 385. The van der Waals surface area contributed by atoms with E-state index < -0.39 is 0 Å². The minimum absolute atomic E-state index is 0.263. The number of hydrogen-bond donors (Lipinski definition) is 1. The molecule has 1 heterocycles. The van der Waals surface area contributed by atoms with Crippen molar-refractivity contribution in [2.24, 2.45) is 5.92 Å². The second-order valence-corrected chi connectivity index (χ2v) is 7.27. The van der Waals surface area contributed by atoms with E-state index in [2.05, 4.69) is 57.3 Å². The maximum absolute atomic E-state index is 3.66. The SMILES string of the molecule is CC1CCNC(CCc2ccc(C(C)(C)C)cc2)C1. The third-order valence-electron chi connectivity index (χ3n) is 4.36. The van der Waals surface area contributed by atoms with Gasteiger partial charge in [0.2, 0.25) is 0 Å². The zero-order chi connectivity index (χ0) is 13.9. The molecule has 1 nitrogen and oxygen atoms in total. The molecule has 0 spiro atoms. The molecule has 1 heteroatoms. The van der Waals surface area contributed by atoms with Crippen LogP contribution in [0.15, 0.2) is 24.3 Å². The van der Waals surface area contributed by atoms with Gasteiger partial charge in [-0.25, -0.2) is 0 Å². The van der Waals surface area contributed by atoms with Crippen LogP contribution in [0.1, 0.15) is 58.1 Å². The summed E-state index contributed by atoms with van der Waals surface area (Å²) in [5.74, 6) is 0.898. The molecule has 0 saturated carbocycles. The molecule has 1 aromatic carbocycles. The largest absolute Gasteiger partial charge is 0.314 e. The van der Waals surface area contributed by atoms with Gasteiger partial charge in [-0.15, -0.1) is 0 Å². The molecule has 1 aliphatic heterocycles. The Morgan fingerprint density at radius 2 is 1.84 bits per heavy atom. The maximum Gasteiger partial charge on any atom is 0.00727 e.